The van der Waals surface area contributed by atoms with E-state index in [1.165, 1.54) is 6.07 Å². The van der Waals surface area contributed by atoms with Gasteiger partial charge >= 0.3 is 103 Å². The van der Waals surface area contributed by atoms with E-state index < -0.39 is 12.0 Å². The Bertz CT molecular complexity index is 785. The summed E-state index contributed by atoms with van der Waals surface area (Å²) in [4.78, 5) is 23.9. The van der Waals surface area contributed by atoms with Crippen molar-refractivity contribution < 1.29 is 136 Å². The number of carbonyl (C=O) groups is 2. The molecule has 0 aliphatic carbocycles. The first-order valence-electron chi connectivity index (χ1n) is 7.01. The minimum atomic E-state index is -2.33. The molecular weight excluding hydrogens is 413 g/mol. The average molecular weight is 426 g/mol. The van der Waals surface area contributed by atoms with Gasteiger partial charge in [-0.15, -0.1) is 0 Å². The van der Waals surface area contributed by atoms with Crippen LogP contribution in [0.2, 0.25) is 0 Å². The third-order valence-electron chi connectivity index (χ3n) is 3.23. The SMILES string of the molecule is COc1ccc(COc2cc(F)c3c(c2)CNC3=O)nc1.O=C([O-])[O-].[K+].[K+]. The molecule has 2 heterocycles. The van der Waals surface area contributed by atoms with Crippen LogP contribution in [0, 0.1) is 5.82 Å². The number of benzene rings is 1. The zero-order valence-electron chi connectivity index (χ0n) is 15.1. The number of carbonyl (C=O) groups excluding carboxylic acids is 2. The van der Waals surface area contributed by atoms with Crippen LogP contribution in [-0.2, 0) is 13.2 Å². The molecule has 0 saturated carbocycles. The molecule has 0 spiro atoms. The van der Waals surface area contributed by atoms with Crippen molar-refractivity contribution in [2.24, 2.45) is 0 Å². The monoisotopic (exact) mass is 426 g/mol. The van der Waals surface area contributed by atoms with Crippen LogP contribution in [0.4, 0.5) is 9.18 Å². The van der Waals surface area contributed by atoms with Crippen molar-refractivity contribution in [2.75, 3.05) is 7.11 Å². The van der Waals surface area contributed by atoms with Gasteiger partial charge in [-0.25, -0.2) is 4.39 Å². The normalized spacial score (nSPS) is 10.8. The number of hydrogen-bond acceptors (Lipinski definition) is 7. The average Bonchev–Trinajstić information content (AvgIpc) is 2.94. The van der Waals surface area contributed by atoms with Crippen molar-refractivity contribution in [3.8, 4) is 11.5 Å². The molecule has 0 unspecified atom stereocenters. The Balaban J connectivity index is 0.00000103. The Morgan fingerprint density at radius 3 is 2.48 bits per heavy atom. The standard InChI is InChI=1S/C15H13FN2O3.CH2O3.2K/c1-20-11-3-2-10(17-7-11)8-21-12-4-9-6-18-15(19)14(9)13(16)5-12;2-1(3)4;;/h2-5,7H,6,8H2,1H3,(H,18,19);(H2,2,3,4);;/q;;2*+1/p-2. The number of methoxy groups -OCH3 is 1. The summed E-state index contributed by atoms with van der Waals surface area (Å²) >= 11 is 0. The molecule has 0 bridgehead atoms. The topological polar surface area (TPSA) is 124 Å². The van der Waals surface area contributed by atoms with Crippen LogP contribution in [0.1, 0.15) is 21.6 Å². The van der Waals surface area contributed by atoms with Crippen molar-refractivity contribution in [1.82, 2.24) is 10.3 Å². The second-order valence-corrected chi connectivity index (χ2v) is 4.85. The molecule has 1 aromatic carbocycles. The molecule has 0 radical (unpaired) electrons. The fraction of sp³-hybridized carbons (Fsp3) is 0.188. The van der Waals surface area contributed by atoms with Gasteiger partial charge in [-0.2, -0.15) is 0 Å². The van der Waals surface area contributed by atoms with E-state index in [9.17, 15) is 9.18 Å². The Morgan fingerprint density at radius 1 is 1.26 bits per heavy atom. The van der Waals surface area contributed by atoms with Crippen molar-refractivity contribution >= 4 is 12.1 Å². The summed E-state index contributed by atoms with van der Waals surface area (Å²) in [6, 6.07) is 6.43. The van der Waals surface area contributed by atoms with E-state index in [4.69, 9.17) is 24.5 Å². The van der Waals surface area contributed by atoms with Crippen molar-refractivity contribution in [2.45, 2.75) is 13.2 Å². The van der Waals surface area contributed by atoms with Crippen LogP contribution in [0.3, 0.4) is 0 Å². The first-order valence-corrected chi connectivity index (χ1v) is 7.01. The van der Waals surface area contributed by atoms with Crippen LogP contribution in [-0.4, -0.2) is 24.2 Å². The molecule has 1 N–H and O–H groups in total. The van der Waals surface area contributed by atoms with Gasteiger partial charge < -0.3 is 29.8 Å². The molecule has 1 aliphatic rings. The third-order valence-corrected chi connectivity index (χ3v) is 3.23. The van der Waals surface area contributed by atoms with Gasteiger partial charge in [0, 0.05) is 12.6 Å². The maximum absolute atomic E-state index is 13.9. The quantitative estimate of drug-likeness (QED) is 0.482. The van der Waals surface area contributed by atoms with Gasteiger partial charge in [-0.3, -0.25) is 9.78 Å². The van der Waals surface area contributed by atoms with Gasteiger partial charge in [-0.1, -0.05) is 0 Å². The smallest absolute Gasteiger partial charge is 0.652 e. The molecular formula is C16H13FK2N2O6. The Hall–Kier alpha value is -0.0873. The molecule has 1 amide bonds. The number of nitrogens with one attached hydrogen (secondary N) is 1. The van der Waals surface area contributed by atoms with Gasteiger partial charge in [0.15, 0.2) is 0 Å². The van der Waals surface area contributed by atoms with E-state index in [1.807, 2.05) is 0 Å². The van der Waals surface area contributed by atoms with E-state index in [0.29, 0.717) is 29.3 Å². The van der Waals surface area contributed by atoms with Gasteiger partial charge in [-0.05, 0) is 29.9 Å². The number of halogens is 1. The Morgan fingerprint density at radius 2 is 1.93 bits per heavy atom. The van der Waals surface area contributed by atoms with Gasteiger partial charge in [0.1, 0.15) is 23.9 Å². The summed E-state index contributed by atoms with van der Waals surface area (Å²) in [6.07, 6.45) is -0.745. The van der Waals surface area contributed by atoms with Crippen molar-refractivity contribution in [3.05, 3.63) is 53.1 Å². The second-order valence-electron chi connectivity index (χ2n) is 4.85. The van der Waals surface area contributed by atoms with E-state index in [1.54, 1.807) is 31.5 Å². The number of amides is 1. The minimum Gasteiger partial charge on any atom is -0.652 e. The van der Waals surface area contributed by atoms with E-state index in [2.05, 4.69) is 10.3 Å². The Kier molecular flexibility index (Phi) is 13.2. The predicted octanol–water partition coefficient (Wildman–Crippen LogP) is -6.39. The van der Waals surface area contributed by atoms with Gasteiger partial charge in [0.25, 0.3) is 5.91 Å². The maximum Gasteiger partial charge on any atom is 1.00 e. The Labute approximate surface area is 239 Å². The van der Waals surface area contributed by atoms with Crippen LogP contribution >= 0.6 is 0 Å². The molecule has 0 atom stereocenters. The minimum absolute atomic E-state index is 0. The third kappa shape index (κ3) is 8.43. The van der Waals surface area contributed by atoms with Crippen molar-refractivity contribution in [3.63, 3.8) is 0 Å². The first kappa shape index (κ1) is 26.9. The van der Waals surface area contributed by atoms with Crippen LogP contribution in [0.15, 0.2) is 30.5 Å². The second kappa shape index (κ2) is 13.2. The van der Waals surface area contributed by atoms with E-state index in [-0.39, 0.29) is 121 Å². The molecule has 1 aromatic heterocycles. The first-order chi connectivity index (χ1) is 11.9. The predicted molar refractivity (Wildman–Crippen MR) is 78.1 cm³/mol. The van der Waals surface area contributed by atoms with E-state index >= 15 is 0 Å². The van der Waals surface area contributed by atoms with Gasteiger partial charge in [0.2, 0.25) is 0 Å². The van der Waals surface area contributed by atoms with E-state index in [0.717, 1.165) is 0 Å². The number of nitrogens with zero attached hydrogens (tertiary/aromatic N) is 1. The summed E-state index contributed by atoms with van der Waals surface area (Å²) in [5.74, 6) is 0.0818. The zero-order chi connectivity index (χ0) is 18.4. The number of ether oxygens (including phenoxy) is 2. The van der Waals surface area contributed by atoms with Crippen molar-refractivity contribution in [1.29, 1.82) is 0 Å². The fourth-order valence-corrected chi connectivity index (χ4v) is 2.15. The fourth-order valence-electron chi connectivity index (χ4n) is 2.15. The summed E-state index contributed by atoms with van der Waals surface area (Å²) in [5, 5.41) is 19.2. The summed E-state index contributed by atoms with van der Waals surface area (Å²) < 4.78 is 24.4. The zero-order valence-corrected chi connectivity index (χ0v) is 21.3. The summed E-state index contributed by atoms with van der Waals surface area (Å²) in [7, 11) is 1.57. The van der Waals surface area contributed by atoms with Crippen LogP contribution in [0.5, 0.6) is 11.5 Å². The molecule has 132 valence electrons. The summed E-state index contributed by atoms with van der Waals surface area (Å²) in [5.41, 5.74) is 1.41. The molecule has 2 aromatic rings. The molecule has 0 fully saturated rings. The number of hydrogen-bond donors (Lipinski definition) is 1. The molecule has 1 aliphatic heterocycles. The molecule has 8 nitrogen and oxygen atoms in total. The number of carboxylic acid groups (broad SMARTS) is 2. The molecule has 0 saturated heterocycles. The number of fused-ring (bicyclic) bond motifs is 1. The molecule has 3 rings (SSSR count). The molecule has 11 heteroatoms. The number of pyridine rings is 1. The molecule has 27 heavy (non-hydrogen) atoms. The largest absolute Gasteiger partial charge is 1.00 e. The maximum atomic E-state index is 13.9. The summed E-state index contributed by atoms with van der Waals surface area (Å²) in [6.45, 7) is 0.534. The van der Waals surface area contributed by atoms with Crippen LogP contribution in [0.25, 0.3) is 0 Å². The number of rotatable bonds is 4. The number of aromatic nitrogens is 1. The van der Waals surface area contributed by atoms with Crippen LogP contribution < -0.4 is 128 Å². The van der Waals surface area contributed by atoms with Gasteiger partial charge in [0.05, 0.1) is 24.6 Å².